The fourth-order valence-electron chi connectivity index (χ4n) is 2.69. The molecule has 0 saturated carbocycles. The van der Waals surface area contributed by atoms with E-state index in [9.17, 15) is 4.79 Å². The number of benzene rings is 1. The van der Waals surface area contributed by atoms with E-state index in [-0.39, 0.29) is 5.91 Å². The minimum Gasteiger partial charge on any atom is -0.497 e. The number of hydrogen-bond acceptors (Lipinski definition) is 2. The van der Waals surface area contributed by atoms with Crippen LogP contribution in [0.4, 0.5) is 0 Å². The molecule has 1 atom stereocenters. The largest absolute Gasteiger partial charge is 0.497 e. The molecule has 1 aromatic carbocycles. The van der Waals surface area contributed by atoms with Crippen molar-refractivity contribution >= 4 is 21.8 Å². The Bertz CT molecular complexity index is 473. The van der Waals surface area contributed by atoms with Crippen molar-refractivity contribution in [3.63, 3.8) is 0 Å². The summed E-state index contributed by atoms with van der Waals surface area (Å²) in [6, 6.07) is 5.88. The van der Waals surface area contributed by atoms with E-state index in [1.54, 1.807) is 7.11 Å². The summed E-state index contributed by atoms with van der Waals surface area (Å²) in [5, 5.41) is 0. The second-order valence-electron chi connectivity index (χ2n) is 5.30. The lowest BCUT2D eigenvalue weighted by molar-refractivity contribution is 0.0700. The van der Waals surface area contributed by atoms with E-state index in [0.717, 1.165) is 23.9 Å². The second-order valence-corrected chi connectivity index (χ2v) is 6.15. The summed E-state index contributed by atoms with van der Waals surface area (Å²) in [7, 11) is 1.62. The van der Waals surface area contributed by atoms with Crippen LogP contribution >= 0.6 is 15.9 Å². The molecular formula is C15H20BrNO2. The molecule has 0 aromatic heterocycles. The molecule has 104 valence electrons. The Balaban J connectivity index is 2.28. The molecule has 1 saturated heterocycles. The topological polar surface area (TPSA) is 29.5 Å². The standard InChI is InChI=1S/C15H20BrNO2/c1-10(2)14-5-4-8-17(14)15(18)12-9-11(19-3)6-7-13(12)16/h6-7,9-10,14H,4-5,8H2,1-3H3. The molecular weight excluding hydrogens is 306 g/mol. The highest BCUT2D eigenvalue weighted by Gasteiger charge is 2.32. The molecule has 0 N–H and O–H groups in total. The summed E-state index contributed by atoms with van der Waals surface area (Å²) in [5.74, 6) is 1.31. The van der Waals surface area contributed by atoms with E-state index in [0.29, 0.717) is 23.3 Å². The highest BCUT2D eigenvalue weighted by Crippen LogP contribution is 2.29. The quantitative estimate of drug-likeness (QED) is 0.847. The Hall–Kier alpha value is -1.03. The Kier molecular flexibility index (Phi) is 4.50. The predicted molar refractivity (Wildman–Crippen MR) is 79.6 cm³/mol. The number of amides is 1. The van der Waals surface area contributed by atoms with Gasteiger partial charge in [-0.15, -0.1) is 0 Å². The van der Waals surface area contributed by atoms with Crippen molar-refractivity contribution in [2.75, 3.05) is 13.7 Å². The van der Waals surface area contributed by atoms with Crippen LogP contribution in [-0.2, 0) is 0 Å². The van der Waals surface area contributed by atoms with Gasteiger partial charge in [0, 0.05) is 17.1 Å². The maximum absolute atomic E-state index is 12.7. The smallest absolute Gasteiger partial charge is 0.255 e. The number of halogens is 1. The SMILES string of the molecule is COc1ccc(Br)c(C(=O)N2CCCC2C(C)C)c1. The fourth-order valence-corrected chi connectivity index (χ4v) is 3.10. The van der Waals surface area contributed by atoms with Crippen LogP contribution in [0.1, 0.15) is 37.0 Å². The van der Waals surface area contributed by atoms with Gasteiger partial charge < -0.3 is 9.64 Å². The highest BCUT2D eigenvalue weighted by atomic mass is 79.9. The molecule has 1 aromatic rings. The molecule has 2 rings (SSSR count). The van der Waals surface area contributed by atoms with Gasteiger partial charge >= 0.3 is 0 Å². The van der Waals surface area contributed by atoms with Crippen LogP contribution in [0.15, 0.2) is 22.7 Å². The first-order chi connectivity index (χ1) is 9.04. The van der Waals surface area contributed by atoms with Gasteiger partial charge in [-0.2, -0.15) is 0 Å². The molecule has 1 unspecified atom stereocenters. The Morgan fingerprint density at radius 1 is 1.47 bits per heavy atom. The van der Waals surface area contributed by atoms with Gasteiger partial charge in [0.25, 0.3) is 5.91 Å². The third-order valence-corrected chi connectivity index (χ3v) is 4.43. The van der Waals surface area contributed by atoms with E-state index in [1.807, 2.05) is 23.1 Å². The average molecular weight is 326 g/mol. The van der Waals surface area contributed by atoms with Crippen LogP contribution in [0.2, 0.25) is 0 Å². The third-order valence-electron chi connectivity index (χ3n) is 3.73. The molecule has 1 fully saturated rings. The first-order valence-electron chi connectivity index (χ1n) is 6.69. The maximum atomic E-state index is 12.7. The van der Waals surface area contributed by atoms with E-state index in [2.05, 4.69) is 29.8 Å². The molecule has 0 radical (unpaired) electrons. The summed E-state index contributed by atoms with van der Waals surface area (Å²) in [5.41, 5.74) is 0.687. The normalized spacial score (nSPS) is 19.0. The molecule has 0 spiro atoms. The molecule has 1 heterocycles. The van der Waals surface area contributed by atoms with Crippen molar-refractivity contribution < 1.29 is 9.53 Å². The number of ether oxygens (including phenoxy) is 1. The average Bonchev–Trinajstić information content (AvgIpc) is 2.88. The predicted octanol–water partition coefficient (Wildman–Crippen LogP) is 3.72. The van der Waals surface area contributed by atoms with E-state index in [1.165, 1.54) is 0 Å². The second kappa shape index (κ2) is 5.95. The van der Waals surface area contributed by atoms with Crippen molar-refractivity contribution in [3.8, 4) is 5.75 Å². The summed E-state index contributed by atoms with van der Waals surface area (Å²) >= 11 is 3.46. The highest BCUT2D eigenvalue weighted by molar-refractivity contribution is 9.10. The Labute approximate surface area is 123 Å². The summed E-state index contributed by atoms with van der Waals surface area (Å²) in [6.07, 6.45) is 2.20. The Morgan fingerprint density at radius 3 is 2.84 bits per heavy atom. The molecule has 19 heavy (non-hydrogen) atoms. The van der Waals surface area contributed by atoms with E-state index in [4.69, 9.17) is 4.74 Å². The molecule has 1 aliphatic rings. The Morgan fingerprint density at radius 2 is 2.21 bits per heavy atom. The third kappa shape index (κ3) is 2.94. The summed E-state index contributed by atoms with van der Waals surface area (Å²) in [6.45, 7) is 5.21. The number of carbonyl (C=O) groups excluding carboxylic acids is 1. The molecule has 0 bridgehead atoms. The number of likely N-dealkylation sites (tertiary alicyclic amines) is 1. The van der Waals surface area contributed by atoms with Gasteiger partial charge in [-0.05, 0) is 52.9 Å². The maximum Gasteiger partial charge on any atom is 0.255 e. The summed E-state index contributed by atoms with van der Waals surface area (Å²) < 4.78 is 6.03. The zero-order valence-corrected chi connectivity index (χ0v) is 13.2. The van der Waals surface area contributed by atoms with Crippen LogP contribution in [0.5, 0.6) is 5.75 Å². The lowest BCUT2D eigenvalue weighted by atomic mass is 10.0. The zero-order valence-electron chi connectivity index (χ0n) is 11.6. The molecule has 0 aliphatic carbocycles. The van der Waals surface area contributed by atoms with Crippen molar-refractivity contribution in [1.82, 2.24) is 4.90 Å². The van der Waals surface area contributed by atoms with E-state index < -0.39 is 0 Å². The molecule has 3 nitrogen and oxygen atoms in total. The number of rotatable bonds is 3. The van der Waals surface area contributed by atoms with Gasteiger partial charge in [0.15, 0.2) is 0 Å². The van der Waals surface area contributed by atoms with Crippen LogP contribution in [0.3, 0.4) is 0 Å². The minimum absolute atomic E-state index is 0.0991. The number of hydrogen-bond donors (Lipinski definition) is 0. The molecule has 1 aliphatic heterocycles. The van der Waals surface area contributed by atoms with Gasteiger partial charge in [0.1, 0.15) is 5.75 Å². The fraction of sp³-hybridized carbons (Fsp3) is 0.533. The molecule has 1 amide bonds. The van der Waals surface area contributed by atoms with Gasteiger partial charge in [-0.1, -0.05) is 13.8 Å². The first kappa shape index (κ1) is 14.4. The lowest BCUT2D eigenvalue weighted by Gasteiger charge is -2.28. The monoisotopic (exact) mass is 325 g/mol. The van der Waals surface area contributed by atoms with Crippen LogP contribution in [0.25, 0.3) is 0 Å². The zero-order chi connectivity index (χ0) is 14.0. The molecule has 4 heteroatoms. The van der Waals surface area contributed by atoms with Gasteiger partial charge in [-0.3, -0.25) is 4.79 Å². The van der Waals surface area contributed by atoms with Crippen molar-refractivity contribution in [1.29, 1.82) is 0 Å². The number of carbonyl (C=O) groups is 1. The van der Waals surface area contributed by atoms with Crippen LogP contribution < -0.4 is 4.74 Å². The van der Waals surface area contributed by atoms with Crippen LogP contribution in [0, 0.1) is 5.92 Å². The van der Waals surface area contributed by atoms with Gasteiger partial charge in [0.2, 0.25) is 0 Å². The van der Waals surface area contributed by atoms with E-state index >= 15 is 0 Å². The number of nitrogens with zero attached hydrogens (tertiary/aromatic N) is 1. The summed E-state index contributed by atoms with van der Waals surface area (Å²) in [4.78, 5) is 14.7. The minimum atomic E-state index is 0.0991. The van der Waals surface area contributed by atoms with Crippen molar-refractivity contribution in [2.24, 2.45) is 5.92 Å². The van der Waals surface area contributed by atoms with Crippen molar-refractivity contribution in [2.45, 2.75) is 32.7 Å². The van der Waals surface area contributed by atoms with Crippen molar-refractivity contribution in [3.05, 3.63) is 28.2 Å². The van der Waals surface area contributed by atoms with Crippen LogP contribution in [-0.4, -0.2) is 30.5 Å². The van der Waals surface area contributed by atoms with Gasteiger partial charge in [0.05, 0.1) is 12.7 Å². The van der Waals surface area contributed by atoms with Gasteiger partial charge in [-0.25, -0.2) is 0 Å². The number of methoxy groups -OCH3 is 1. The first-order valence-corrected chi connectivity index (χ1v) is 7.48. The lowest BCUT2D eigenvalue weighted by Crippen LogP contribution is -2.38.